The van der Waals surface area contributed by atoms with E-state index in [1.807, 2.05) is 35.7 Å². The molecule has 0 atom stereocenters. The van der Waals surface area contributed by atoms with Gasteiger partial charge < -0.3 is 14.6 Å². The average molecular weight is 405 g/mol. The number of hydrogen-bond acceptors (Lipinski definition) is 7. The van der Waals surface area contributed by atoms with Crippen molar-refractivity contribution >= 4 is 39.2 Å². The highest BCUT2D eigenvalue weighted by atomic mass is 32.1. The van der Waals surface area contributed by atoms with Gasteiger partial charge in [0.15, 0.2) is 10.9 Å². The Morgan fingerprint density at radius 1 is 1.21 bits per heavy atom. The SMILES string of the molecule is O=C(Nc1nc(-c2cc3ccccc3o2)cs1)C1CCN(c2cnccn2)CC1. The predicted octanol–water partition coefficient (Wildman–Crippen LogP) is 4.20. The zero-order valence-corrected chi connectivity index (χ0v) is 16.4. The molecule has 0 spiro atoms. The summed E-state index contributed by atoms with van der Waals surface area (Å²) in [7, 11) is 0. The van der Waals surface area contributed by atoms with Gasteiger partial charge in [-0.2, -0.15) is 0 Å². The first-order valence-electron chi connectivity index (χ1n) is 9.52. The van der Waals surface area contributed by atoms with Crippen molar-refractivity contribution in [2.75, 3.05) is 23.3 Å². The van der Waals surface area contributed by atoms with Crippen LogP contribution in [-0.2, 0) is 4.79 Å². The highest BCUT2D eigenvalue weighted by Crippen LogP contribution is 2.31. The fraction of sp³-hybridized carbons (Fsp3) is 0.238. The van der Waals surface area contributed by atoms with Gasteiger partial charge in [-0.05, 0) is 25.0 Å². The normalized spacial score (nSPS) is 15.0. The van der Waals surface area contributed by atoms with Crippen LogP contribution in [0.25, 0.3) is 22.4 Å². The van der Waals surface area contributed by atoms with Crippen LogP contribution in [0.3, 0.4) is 0 Å². The van der Waals surface area contributed by atoms with Crippen LogP contribution in [0.15, 0.2) is 58.7 Å². The molecule has 146 valence electrons. The molecule has 3 aromatic heterocycles. The number of nitrogens with one attached hydrogen (secondary N) is 1. The van der Waals surface area contributed by atoms with E-state index in [0.717, 1.165) is 48.4 Å². The number of piperidine rings is 1. The highest BCUT2D eigenvalue weighted by Gasteiger charge is 2.26. The Bertz CT molecular complexity index is 1100. The molecule has 29 heavy (non-hydrogen) atoms. The van der Waals surface area contributed by atoms with Crippen LogP contribution >= 0.6 is 11.3 Å². The standard InChI is InChI=1S/C21H19N5O2S/c27-20(14-5-9-26(10-6-14)19-12-22-7-8-23-19)25-21-24-16(13-29-21)18-11-15-3-1-2-4-17(15)28-18/h1-4,7-8,11-14H,5-6,9-10H2,(H,24,25,27). The number of nitrogens with zero attached hydrogens (tertiary/aromatic N) is 4. The average Bonchev–Trinajstić information content (AvgIpc) is 3.41. The molecule has 1 fully saturated rings. The lowest BCUT2D eigenvalue weighted by atomic mass is 9.96. The summed E-state index contributed by atoms with van der Waals surface area (Å²) in [4.78, 5) is 27.8. The largest absolute Gasteiger partial charge is 0.454 e. The Balaban J connectivity index is 1.22. The van der Waals surface area contributed by atoms with Crippen molar-refractivity contribution in [3.63, 3.8) is 0 Å². The fourth-order valence-corrected chi connectivity index (χ4v) is 4.29. The molecule has 4 heterocycles. The second-order valence-electron chi connectivity index (χ2n) is 7.00. The van der Waals surface area contributed by atoms with Gasteiger partial charge >= 0.3 is 0 Å². The lowest BCUT2D eigenvalue weighted by molar-refractivity contribution is -0.120. The second kappa shape index (κ2) is 7.63. The maximum absolute atomic E-state index is 12.7. The van der Waals surface area contributed by atoms with Crippen LogP contribution in [0.2, 0.25) is 0 Å². The van der Waals surface area contributed by atoms with E-state index in [0.29, 0.717) is 10.9 Å². The van der Waals surface area contributed by atoms with Crippen LogP contribution in [-0.4, -0.2) is 33.9 Å². The molecule has 1 N–H and O–H groups in total. The van der Waals surface area contributed by atoms with E-state index in [2.05, 4.69) is 25.2 Å². The monoisotopic (exact) mass is 405 g/mol. The van der Waals surface area contributed by atoms with E-state index in [9.17, 15) is 4.79 Å². The Morgan fingerprint density at radius 3 is 2.86 bits per heavy atom. The quantitative estimate of drug-likeness (QED) is 0.548. The van der Waals surface area contributed by atoms with Crippen LogP contribution in [0, 0.1) is 5.92 Å². The van der Waals surface area contributed by atoms with Gasteiger partial charge in [-0.25, -0.2) is 9.97 Å². The summed E-state index contributed by atoms with van der Waals surface area (Å²) in [6.07, 6.45) is 6.68. The number of thiazole rings is 1. The minimum atomic E-state index is -0.0264. The van der Waals surface area contributed by atoms with Crippen molar-refractivity contribution in [2.45, 2.75) is 12.8 Å². The topological polar surface area (TPSA) is 84.2 Å². The molecule has 7 nitrogen and oxygen atoms in total. The first kappa shape index (κ1) is 17.8. The van der Waals surface area contributed by atoms with Gasteiger partial charge in [0.2, 0.25) is 5.91 Å². The number of amides is 1. The van der Waals surface area contributed by atoms with Crippen molar-refractivity contribution in [3.8, 4) is 11.5 Å². The molecule has 1 aromatic carbocycles. The van der Waals surface area contributed by atoms with Gasteiger partial charge in [0.25, 0.3) is 0 Å². The van der Waals surface area contributed by atoms with E-state index in [-0.39, 0.29) is 11.8 Å². The molecule has 1 saturated heterocycles. The molecule has 0 radical (unpaired) electrons. The molecular formula is C21H19N5O2S. The van der Waals surface area contributed by atoms with Crippen LogP contribution in [0.1, 0.15) is 12.8 Å². The predicted molar refractivity (Wildman–Crippen MR) is 113 cm³/mol. The van der Waals surface area contributed by atoms with Crippen molar-refractivity contribution in [3.05, 3.63) is 54.3 Å². The summed E-state index contributed by atoms with van der Waals surface area (Å²) in [5.41, 5.74) is 1.56. The molecular weight excluding hydrogens is 386 g/mol. The van der Waals surface area contributed by atoms with Crippen molar-refractivity contribution in [1.29, 1.82) is 0 Å². The number of furan rings is 1. The molecule has 0 saturated carbocycles. The number of carbonyl (C=O) groups excluding carboxylic acids is 1. The smallest absolute Gasteiger partial charge is 0.229 e. The maximum atomic E-state index is 12.7. The summed E-state index contributed by atoms with van der Waals surface area (Å²) in [6, 6.07) is 9.83. The van der Waals surface area contributed by atoms with E-state index >= 15 is 0 Å². The van der Waals surface area contributed by atoms with Gasteiger partial charge in [-0.15, -0.1) is 11.3 Å². The molecule has 0 aliphatic carbocycles. The molecule has 0 bridgehead atoms. The number of fused-ring (bicyclic) bond motifs is 1. The summed E-state index contributed by atoms with van der Waals surface area (Å²) in [5.74, 6) is 1.57. The fourth-order valence-electron chi connectivity index (χ4n) is 3.59. The van der Waals surface area contributed by atoms with Gasteiger partial charge in [-0.1, -0.05) is 18.2 Å². The number of para-hydroxylation sites is 1. The van der Waals surface area contributed by atoms with E-state index in [4.69, 9.17) is 4.42 Å². The zero-order valence-electron chi connectivity index (χ0n) is 15.6. The van der Waals surface area contributed by atoms with Crippen molar-refractivity contribution < 1.29 is 9.21 Å². The minimum Gasteiger partial charge on any atom is -0.454 e. The number of anilines is 2. The zero-order chi connectivity index (χ0) is 19.6. The number of rotatable bonds is 4. The molecule has 1 aliphatic rings. The molecule has 1 amide bonds. The van der Waals surface area contributed by atoms with Gasteiger partial charge in [0.05, 0.1) is 6.20 Å². The molecule has 5 rings (SSSR count). The van der Waals surface area contributed by atoms with Gasteiger partial charge in [-0.3, -0.25) is 9.78 Å². The summed E-state index contributed by atoms with van der Waals surface area (Å²) >= 11 is 1.41. The van der Waals surface area contributed by atoms with E-state index in [1.165, 1.54) is 11.3 Å². The van der Waals surface area contributed by atoms with Crippen molar-refractivity contribution in [2.24, 2.45) is 5.92 Å². The molecule has 4 aromatic rings. The number of carbonyl (C=O) groups is 1. The molecule has 1 aliphatic heterocycles. The minimum absolute atomic E-state index is 0.0225. The van der Waals surface area contributed by atoms with E-state index in [1.54, 1.807) is 18.6 Å². The first-order chi connectivity index (χ1) is 14.3. The van der Waals surface area contributed by atoms with Gasteiger partial charge in [0, 0.05) is 42.2 Å². The van der Waals surface area contributed by atoms with Crippen molar-refractivity contribution in [1.82, 2.24) is 15.0 Å². The summed E-state index contributed by atoms with van der Waals surface area (Å²) < 4.78 is 5.86. The second-order valence-corrected chi connectivity index (χ2v) is 7.86. The highest BCUT2D eigenvalue weighted by molar-refractivity contribution is 7.14. The first-order valence-corrected chi connectivity index (χ1v) is 10.4. The Morgan fingerprint density at radius 2 is 2.07 bits per heavy atom. The summed E-state index contributed by atoms with van der Waals surface area (Å²) in [6.45, 7) is 1.58. The van der Waals surface area contributed by atoms with Gasteiger partial charge in [0.1, 0.15) is 17.1 Å². The molecule has 8 heteroatoms. The summed E-state index contributed by atoms with van der Waals surface area (Å²) in [5, 5.41) is 6.51. The lowest BCUT2D eigenvalue weighted by Crippen LogP contribution is -2.38. The van der Waals surface area contributed by atoms with Crippen LogP contribution < -0.4 is 10.2 Å². The van der Waals surface area contributed by atoms with Crippen LogP contribution in [0.4, 0.5) is 10.9 Å². The third-order valence-corrected chi connectivity index (χ3v) is 5.91. The third kappa shape index (κ3) is 3.71. The van der Waals surface area contributed by atoms with E-state index < -0.39 is 0 Å². The number of aromatic nitrogens is 3. The lowest BCUT2D eigenvalue weighted by Gasteiger charge is -2.31. The number of benzene rings is 1. The Hall–Kier alpha value is -3.26. The maximum Gasteiger partial charge on any atom is 0.229 e. The number of hydrogen-bond donors (Lipinski definition) is 1. The Labute approximate surface area is 171 Å². The molecule has 0 unspecified atom stereocenters. The van der Waals surface area contributed by atoms with Crippen LogP contribution in [0.5, 0.6) is 0 Å². The Kier molecular flexibility index (Phi) is 4.69. The third-order valence-electron chi connectivity index (χ3n) is 5.15.